The van der Waals surface area contributed by atoms with E-state index in [1.807, 2.05) is 32.0 Å². The third-order valence-electron chi connectivity index (χ3n) is 3.26. The molecule has 1 nitrogen and oxygen atoms in total. The van der Waals surface area contributed by atoms with Gasteiger partial charge in [0.2, 0.25) is 0 Å². The van der Waals surface area contributed by atoms with Crippen LogP contribution in [-0.4, -0.2) is 5.11 Å². The predicted octanol–water partition coefficient (Wildman–Crippen LogP) is 4.48. The van der Waals surface area contributed by atoms with Crippen molar-refractivity contribution in [3.8, 4) is 0 Å². The first kappa shape index (κ1) is 14.2. The Hall–Kier alpha value is -1.19. The Morgan fingerprint density at radius 1 is 1.21 bits per heavy atom. The van der Waals surface area contributed by atoms with Crippen LogP contribution in [0.3, 0.4) is 0 Å². The Morgan fingerprint density at radius 3 is 2.68 bits per heavy atom. The number of hydrogen-bond acceptors (Lipinski definition) is 1. The second-order valence-corrected chi connectivity index (χ2v) is 5.65. The van der Waals surface area contributed by atoms with Crippen molar-refractivity contribution in [3.05, 3.63) is 68.9 Å². The maximum absolute atomic E-state index is 13.9. The molecule has 19 heavy (non-hydrogen) atoms. The number of halogens is 2. The molecule has 2 aromatic carbocycles. The number of rotatable bonds is 3. The number of benzene rings is 2. The Morgan fingerprint density at radius 2 is 1.95 bits per heavy atom. The zero-order chi connectivity index (χ0) is 14.0. The van der Waals surface area contributed by atoms with Crippen molar-refractivity contribution in [1.82, 2.24) is 0 Å². The molecule has 0 heterocycles. The Kier molecular flexibility index (Phi) is 4.38. The molecular formula is C16H16BrFO. The van der Waals surface area contributed by atoms with Crippen LogP contribution in [0.4, 0.5) is 4.39 Å². The van der Waals surface area contributed by atoms with E-state index in [0.29, 0.717) is 16.5 Å². The molecule has 0 bridgehead atoms. The highest BCUT2D eigenvalue weighted by molar-refractivity contribution is 9.10. The first-order valence-electron chi connectivity index (χ1n) is 6.17. The molecule has 0 amide bonds. The molecule has 1 atom stereocenters. The zero-order valence-corrected chi connectivity index (χ0v) is 12.5. The molecule has 1 N–H and O–H groups in total. The highest BCUT2D eigenvalue weighted by Gasteiger charge is 2.16. The van der Waals surface area contributed by atoms with E-state index >= 15 is 0 Å². The Labute approximate surface area is 121 Å². The van der Waals surface area contributed by atoms with Crippen LogP contribution in [-0.2, 0) is 6.42 Å². The van der Waals surface area contributed by atoms with E-state index in [9.17, 15) is 9.50 Å². The average molecular weight is 323 g/mol. The number of aliphatic hydroxyl groups excluding tert-OH is 1. The van der Waals surface area contributed by atoms with Gasteiger partial charge in [-0.2, -0.15) is 0 Å². The standard InChI is InChI=1S/C16H16BrFO/c1-10-6-7-11(2)12(8-10)9-15(19)13-4-3-5-14(17)16(13)18/h3-8,15,19H,9H2,1-2H3. The van der Waals surface area contributed by atoms with Crippen LogP contribution < -0.4 is 0 Å². The van der Waals surface area contributed by atoms with Gasteiger partial charge in [-0.05, 0) is 47.0 Å². The molecule has 0 aliphatic rings. The van der Waals surface area contributed by atoms with Gasteiger partial charge >= 0.3 is 0 Å². The minimum atomic E-state index is -0.835. The monoisotopic (exact) mass is 322 g/mol. The van der Waals surface area contributed by atoms with E-state index in [2.05, 4.69) is 15.9 Å². The van der Waals surface area contributed by atoms with E-state index in [1.165, 1.54) is 0 Å². The van der Waals surface area contributed by atoms with Crippen molar-refractivity contribution in [1.29, 1.82) is 0 Å². The number of aliphatic hydroxyl groups is 1. The molecule has 0 radical (unpaired) electrons. The predicted molar refractivity (Wildman–Crippen MR) is 78.7 cm³/mol. The summed E-state index contributed by atoms with van der Waals surface area (Å²) < 4.78 is 14.3. The lowest BCUT2D eigenvalue weighted by Gasteiger charge is -2.15. The van der Waals surface area contributed by atoms with Gasteiger partial charge in [0.05, 0.1) is 10.6 Å². The molecule has 0 aliphatic heterocycles. The Balaban J connectivity index is 2.28. The van der Waals surface area contributed by atoms with Gasteiger partial charge in [-0.15, -0.1) is 0 Å². The summed E-state index contributed by atoms with van der Waals surface area (Å²) in [5.41, 5.74) is 3.63. The minimum Gasteiger partial charge on any atom is -0.388 e. The van der Waals surface area contributed by atoms with E-state index < -0.39 is 6.10 Å². The highest BCUT2D eigenvalue weighted by Crippen LogP contribution is 2.27. The lowest BCUT2D eigenvalue weighted by Crippen LogP contribution is -2.06. The second-order valence-electron chi connectivity index (χ2n) is 4.79. The number of hydrogen-bond donors (Lipinski definition) is 1. The molecule has 2 rings (SSSR count). The summed E-state index contributed by atoms with van der Waals surface area (Å²) in [5.74, 6) is -0.389. The molecule has 1 unspecified atom stereocenters. The van der Waals surface area contributed by atoms with Gasteiger partial charge < -0.3 is 5.11 Å². The van der Waals surface area contributed by atoms with Crippen LogP contribution in [0.25, 0.3) is 0 Å². The van der Waals surface area contributed by atoms with Crippen molar-refractivity contribution in [2.45, 2.75) is 26.4 Å². The third-order valence-corrected chi connectivity index (χ3v) is 3.87. The molecule has 0 aromatic heterocycles. The first-order valence-corrected chi connectivity index (χ1v) is 6.96. The molecule has 0 saturated heterocycles. The van der Waals surface area contributed by atoms with Crippen molar-refractivity contribution >= 4 is 15.9 Å². The second kappa shape index (κ2) is 5.85. The maximum atomic E-state index is 13.9. The third kappa shape index (κ3) is 3.23. The van der Waals surface area contributed by atoms with Crippen LogP contribution in [0.15, 0.2) is 40.9 Å². The maximum Gasteiger partial charge on any atom is 0.143 e. The van der Waals surface area contributed by atoms with Crippen LogP contribution in [0.1, 0.15) is 28.4 Å². The van der Waals surface area contributed by atoms with Crippen LogP contribution >= 0.6 is 15.9 Å². The molecule has 2 aromatic rings. The largest absolute Gasteiger partial charge is 0.388 e. The fourth-order valence-electron chi connectivity index (χ4n) is 2.12. The summed E-state index contributed by atoms with van der Waals surface area (Å²) in [6.45, 7) is 4.01. The van der Waals surface area contributed by atoms with Gasteiger partial charge in [0.25, 0.3) is 0 Å². The summed E-state index contributed by atoms with van der Waals surface area (Å²) >= 11 is 3.14. The lowest BCUT2D eigenvalue weighted by atomic mass is 9.96. The summed E-state index contributed by atoms with van der Waals surface area (Å²) in [7, 11) is 0. The minimum absolute atomic E-state index is 0.329. The molecule has 0 aliphatic carbocycles. The summed E-state index contributed by atoms with van der Waals surface area (Å²) in [6, 6.07) is 11.1. The van der Waals surface area contributed by atoms with Gasteiger partial charge in [0.1, 0.15) is 5.82 Å². The van der Waals surface area contributed by atoms with Crippen molar-refractivity contribution in [2.24, 2.45) is 0 Å². The molecule has 3 heteroatoms. The van der Waals surface area contributed by atoms with E-state index in [4.69, 9.17) is 0 Å². The topological polar surface area (TPSA) is 20.2 Å². The van der Waals surface area contributed by atoms with Crippen molar-refractivity contribution in [3.63, 3.8) is 0 Å². The molecule has 100 valence electrons. The van der Waals surface area contributed by atoms with E-state index in [1.54, 1.807) is 18.2 Å². The van der Waals surface area contributed by atoms with Gasteiger partial charge in [-0.1, -0.05) is 35.9 Å². The van der Waals surface area contributed by atoms with Crippen LogP contribution in [0.5, 0.6) is 0 Å². The quantitative estimate of drug-likeness (QED) is 0.883. The highest BCUT2D eigenvalue weighted by atomic mass is 79.9. The SMILES string of the molecule is Cc1ccc(C)c(CC(O)c2cccc(Br)c2F)c1. The summed E-state index contributed by atoms with van der Waals surface area (Å²) in [4.78, 5) is 0. The lowest BCUT2D eigenvalue weighted by molar-refractivity contribution is 0.173. The molecule has 0 spiro atoms. The smallest absolute Gasteiger partial charge is 0.143 e. The Bertz CT molecular complexity index is 595. The van der Waals surface area contributed by atoms with Crippen molar-refractivity contribution in [2.75, 3.05) is 0 Å². The first-order chi connectivity index (χ1) is 8.99. The van der Waals surface area contributed by atoms with Gasteiger partial charge in [0, 0.05) is 12.0 Å². The normalized spacial score (nSPS) is 12.5. The molecular weight excluding hydrogens is 307 g/mol. The van der Waals surface area contributed by atoms with E-state index in [-0.39, 0.29) is 5.82 Å². The van der Waals surface area contributed by atoms with Gasteiger partial charge in [-0.3, -0.25) is 0 Å². The summed E-state index contributed by atoms with van der Waals surface area (Å²) in [6.07, 6.45) is -0.418. The van der Waals surface area contributed by atoms with Crippen molar-refractivity contribution < 1.29 is 9.50 Å². The molecule has 0 fully saturated rings. The fraction of sp³-hybridized carbons (Fsp3) is 0.250. The zero-order valence-electron chi connectivity index (χ0n) is 11.0. The van der Waals surface area contributed by atoms with Crippen LogP contribution in [0, 0.1) is 19.7 Å². The molecule has 0 saturated carbocycles. The number of aryl methyl sites for hydroxylation is 2. The van der Waals surface area contributed by atoms with Gasteiger partial charge in [-0.25, -0.2) is 4.39 Å². The van der Waals surface area contributed by atoms with E-state index in [0.717, 1.165) is 16.7 Å². The summed E-state index contributed by atoms with van der Waals surface area (Å²) in [5, 5.41) is 10.2. The fourth-order valence-corrected chi connectivity index (χ4v) is 2.50. The average Bonchev–Trinajstić information content (AvgIpc) is 2.37. The van der Waals surface area contributed by atoms with Crippen LogP contribution in [0.2, 0.25) is 0 Å². The van der Waals surface area contributed by atoms with Gasteiger partial charge in [0.15, 0.2) is 0 Å².